The molecular weight excluding hydrogens is 266 g/mol. The lowest BCUT2D eigenvalue weighted by atomic mass is 10.2. The summed E-state index contributed by atoms with van der Waals surface area (Å²) < 4.78 is 5.20. The topological polar surface area (TPSA) is 52.4 Å². The third kappa shape index (κ3) is 4.04. The monoisotopic (exact) mass is 281 g/mol. The molecule has 0 saturated heterocycles. The summed E-state index contributed by atoms with van der Waals surface area (Å²) in [5, 5.41) is 12.2. The fourth-order valence-corrected chi connectivity index (χ4v) is 1.77. The molecule has 2 rings (SSSR count). The molecule has 0 unspecified atom stereocenters. The molecule has 106 valence electrons. The van der Waals surface area contributed by atoms with E-state index in [-0.39, 0.29) is 5.70 Å². The minimum absolute atomic E-state index is 0.0763. The SMILES string of the molecule is COC(=O)C(=C\c1ccccc1)/[N+]([O-])=C/c1ccccc1. The van der Waals surface area contributed by atoms with Crippen LogP contribution in [0, 0.1) is 5.21 Å². The molecular formula is C17H15NO3. The van der Waals surface area contributed by atoms with Crippen LogP contribution in [0.25, 0.3) is 6.08 Å². The molecule has 2 aromatic rings. The first-order valence-corrected chi connectivity index (χ1v) is 6.42. The molecule has 0 heterocycles. The highest BCUT2D eigenvalue weighted by molar-refractivity contribution is 5.92. The normalized spacial score (nSPS) is 12.0. The molecule has 21 heavy (non-hydrogen) atoms. The Kier molecular flexibility index (Phi) is 4.88. The number of benzene rings is 2. The van der Waals surface area contributed by atoms with Crippen molar-refractivity contribution in [3.05, 3.63) is 82.7 Å². The van der Waals surface area contributed by atoms with Gasteiger partial charge < -0.3 is 9.94 Å². The van der Waals surface area contributed by atoms with Gasteiger partial charge in [0.15, 0.2) is 6.21 Å². The van der Waals surface area contributed by atoms with E-state index in [0.29, 0.717) is 10.3 Å². The van der Waals surface area contributed by atoms with Crippen LogP contribution in [0.15, 0.2) is 66.4 Å². The van der Waals surface area contributed by atoms with Crippen molar-refractivity contribution in [3.63, 3.8) is 0 Å². The number of nitrogens with zero attached hydrogens (tertiary/aromatic N) is 1. The van der Waals surface area contributed by atoms with E-state index >= 15 is 0 Å². The van der Waals surface area contributed by atoms with E-state index in [4.69, 9.17) is 0 Å². The molecule has 0 saturated carbocycles. The van der Waals surface area contributed by atoms with Gasteiger partial charge in [0.1, 0.15) is 0 Å². The summed E-state index contributed by atoms with van der Waals surface area (Å²) in [6, 6.07) is 18.2. The predicted octanol–water partition coefficient (Wildman–Crippen LogP) is 2.83. The Morgan fingerprint density at radius 3 is 2.05 bits per heavy atom. The molecule has 2 aromatic carbocycles. The van der Waals surface area contributed by atoms with Crippen LogP contribution < -0.4 is 0 Å². The maximum absolute atomic E-state index is 12.2. The first kappa shape index (κ1) is 14.5. The van der Waals surface area contributed by atoms with Crippen molar-refractivity contribution in [2.45, 2.75) is 0 Å². The highest BCUT2D eigenvalue weighted by Crippen LogP contribution is 2.09. The van der Waals surface area contributed by atoms with Crippen LogP contribution in [0.1, 0.15) is 11.1 Å². The molecule has 0 aliphatic heterocycles. The van der Waals surface area contributed by atoms with Gasteiger partial charge in [-0.3, -0.25) is 0 Å². The second-order valence-corrected chi connectivity index (χ2v) is 4.30. The third-order valence-corrected chi connectivity index (χ3v) is 2.80. The minimum Gasteiger partial charge on any atom is -0.618 e. The zero-order chi connectivity index (χ0) is 15.1. The first-order chi connectivity index (χ1) is 10.2. The maximum Gasteiger partial charge on any atom is 0.404 e. The van der Waals surface area contributed by atoms with Gasteiger partial charge >= 0.3 is 11.7 Å². The van der Waals surface area contributed by atoms with Gasteiger partial charge in [-0.25, -0.2) is 4.79 Å². The Balaban J connectivity index is 2.39. The van der Waals surface area contributed by atoms with Crippen molar-refractivity contribution >= 4 is 18.3 Å². The summed E-state index contributed by atoms with van der Waals surface area (Å²) in [5.41, 5.74) is 1.38. The van der Waals surface area contributed by atoms with E-state index in [0.717, 1.165) is 5.56 Å². The molecule has 0 aromatic heterocycles. The standard InChI is InChI=1S/C17H15NO3/c1-21-17(19)16(12-14-8-4-2-5-9-14)18(20)13-15-10-6-3-7-11-15/h2-13H,1H3/b16-12+,18-13-. The smallest absolute Gasteiger partial charge is 0.404 e. The quantitative estimate of drug-likeness (QED) is 0.216. The Hall–Kier alpha value is -2.88. The van der Waals surface area contributed by atoms with E-state index in [9.17, 15) is 10.0 Å². The molecule has 4 nitrogen and oxygen atoms in total. The number of methoxy groups -OCH3 is 1. The van der Waals surface area contributed by atoms with Gasteiger partial charge in [-0.1, -0.05) is 48.5 Å². The molecule has 0 aliphatic rings. The Morgan fingerprint density at radius 2 is 1.52 bits per heavy atom. The van der Waals surface area contributed by atoms with Crippen LogP contribution in [0.3, 0.4) is 0 Å². The van der Waals surface area contributed by atoms with E-state index in [1.165, 1.54) is 19.4 Å². The van der Waals surface area contributed by atoms with Gasteiger partial charge in [0.25, 0.3) is 0 Å². The molecule has 0 radical (unpaired) electrons. The van der Waals surface area contributed by atoms with Crippen LogP contribution in [0.2, 0.25) is 0 Å². The van der Waals surface area contributed by atoms with E-state index in [1.54, 1.807) is 24.3 Å². The van der Waals surface area contributed by atoms with Crippen molar-refractivity contribution in [1.29, 1.82) is 0 Å². The van der Waals surface area contributed by atoms with Crippen molar-refractivity contribution < 1.29 is 14.3 Å². The van der Waals surface area contributed by atoms with Crippen LogP contribution in [-0.2, 0) is 9.53 Å². The second kappa shape index (κ2) is 7.05. The number of hydrogen-bond acceptors (Lipinski definition) is 3. The van der Waals surface area contributed by atoms with Crippen LogP contribution >= 0.6 is 0 Å². The number of carbonyl (C=O) groups excluding carboxylic acids is 1. The highest BCUT2D eigenvalue weighted by Gasteiger charge is 2.19. The van der Waals surface area contributed by atoms with Gasteiger partial charge in [-0.2, -0.15) is 4.74 Å². The van der Waals surface area contributed by atoms with Gasteiger partial charge in [-0.05, 0) is 17.7 Å². The number of esters is 1. The van der Waals surface area contributed by atoms with Crippen LogP contribution in [0.5, 0.6) is 0 Å². The summed E-state index contributed by atoms with van der Waals surface area (Å²) in [5.74, 6) is -0.680. The number of ether oxygens (including phenoxy) is 1. The Labute approximate surface area is 123 Å². The molecule has 0 N–H and O–H groups in total. The summed E-state index contributed by atoms with van der Waals surface area (Å²) >= 11 is 0. The molecule has 0 bridgehead atoms. The van der Waals surface area contributed by atoms with Gasteiger partial charge in [0.05, 0.1) is 7.11 Å². The fourth-order valence-electron chi connectivity index (χ4n) is 1.77. The van der Waals surface area contributed by atoms with Gasteiger partial charge in [0, 0.05) is 11.6 Å². The fraction of sp³-hybridized carbons (Fsp3) is 0.0588. The third-order valence-electron chi connectivity index (χ3n) is 2.80. The van der Waals surface area contributed by atoms with Crippen LogP contribution in [-0.4, -0.2) is 24.0 Å². The van der Waals surface area contributed by atoms with Crippen molar-refractivity contribution in [2.75, 3.05) is 7.11 Å². The second-order valence-electron chi connectivity index (χ2n) is 4.30. The average Bonchev–Trinajstić information content (AvgIpc) is 2.53. The lowest BCUT2D eigenvalue weighted by Gasteiger charge is -2.06. The van der Waals surface area contributed by atoms with Gasteiger partial charge in [0.2, 0.25) is 0 Å². The van der Waals surface area contributed by atoms with Gasteiger partial charge in [-0.15, -0.1) is 0 Å². The highest BCUT2D eigenvalue weighted by atomic mass is 16.5. The van der Waals surface area contributed by atoms with Crippen molar-refractivity contribution in [1.82, 2.24) is 0 Å². The molecule has 0 aliphatic carbocycles. The zero-order valence-electron chi connectivity index (χ0n) is 11.6. The predicted molar refractivity (Wildman–Crippen MR) is 81.7 cm³/mol. The Bertz CT molecular complexity index is 661. The minimum atomic E-state index is -0.680. The zero-order valence-corrected chi connectivity index (χ0v) is 11.6. The average molecular weight is 281 g/mol. The largest absolute Gasteiger partial charge is 0.618 e. The number of carbonyl (C=O) groups is 1. The molecule has 0 fully saturated rings. The van der Waals surface area contributed by atoms with Crippen molar-refractivity contribution in [3.8, 4) is 0 Å². The lowest BCUT2D eigenvalue weighted by molar-refractivity contribution is -0.390. The Morgan fingerprint density at radius 1 is 1.00 bits per heavy atom. The van der Waals surface area contributed by atoms with Crippen molar-refractivity contribution in [2.24, 2.45) is 0 Å². The maximum atomic E-state index is 12.2. The number of rotatable bonds is 4. The molecule has 0 atom stereocenters. The first-order valence-electron chi connectivity index (χ1n) is 6.42. The van der Waals surface area contributed by atoms with E-state index in [2.05, 4.69) is 4.74 Å². The molecule has 0 amide bonds. The summed E-state index contributed by atoms with van der Waals surface area (Å²) in [6.07, 6.45) is 2.84. The number of hydroxylamine groups is 1. The number of hydrogen-bond donors (Lipinski definition) is 0. The van der Waals surface area contributed by atoms with Crippen LogP contribution in [0.4, 0.5) is 0 Å². The molecule has 4 heteroatoms. The van der Waals surface area contributed by atoms with E-state index < -0.39 is 5.97 Å². The summed E-state index contributed by atoms with van der Waals surface area (Å²) in [7, 11) is 1.25. The van der Waals surface area contributed by atoms with E-state index in [1.807, 2.05) is 36.4 Å². The lowest BCUT2D eigenvalue weighted by Crippen LogP contribution is -2.16. The summed E-state index contributed by atoms with van der Waals surface area (Å²) in [6.45, 7) is 0. The molecule has 0 spiro atoms. The summed E-state index contributed by atoms with van der Waals surface area (Å²) in [4.78, 5) is 11.8.